The fourth-order valence-corrected chi connectivity index (χ4v) is 14.1. The van der Waals surface area contributed by atoms with Crippen LogP contribution in [0.3, 0.4) is 0 Å². The van der Waals surface area contributed by atoms with Crippen molar-refractivity contribution in [2.24, 2.45) is 25.6 Å². The molecule has 30 heteroatoms. The molecule has 0 aromatic heterocycles. The summed E-state index contributed by atoms with van der Waals surface area (Å²) in [4.78, 5) is 30.9. The number of aliphatic hydroxyl groups excluding tert-OH is 1. The number of carbonyl (C=O) groups excluding carboxylic acids is 1. The van der Waals surface area contributed by atoms with E-state index in [1.807, 2.05) is 213 Å². The van der Waals surface area contributed by atoms with Crippen molar-refractivity contribution in [3.8, 4) is 0 Å². The molecule has 0 radical (unpaired) electrons. The van der Waals surface area contributed by atoms with E-state index in [1.165, 1.54) is 0 Å². The summed E-state index contributed by atoms with van der Waals surface area (Å²) in [5, 5.41) is 30.6. The monoisotopic (exact) mass is 1430 g/mol. The van der Waals surface area contributed by atoms with Gasteiger partial charge in [-0.2, -0.15) is 0 Å². The van der Waals surface area contributed by atoms with Crippen LogP contribution in [0.25, 0.3) is 52.2 Å². The second-order valence-electron chi connectivity index (χ2n) is 25.9. The van der Waals surface area contributed by atoms with E-state index in [2.05, 4.69) is 50.1 Å². The van der Waals surface area contributed by atoms with Gasteiger partial charge in [-0.3, -0.25) is 4.79 Å². The Hall–Kier alpha value is -9.96. The highest BCUT2D eigenvalue weighted by Crippen LogP contribution is 2.43. The van der Waals surface area contributed by atoms with E-state index in [4.69, 9.17) is 67.9 Å². The highest BCUT2D eigenvalue weighted by Gasteiger charge is 2.57. The molecular weight excluding hydrogens is 1350 g/mol. The third-order valence-electron chi connectivity index (χ3n) is 19.2. The van der Waals surface area contributed by atoms with Crippen LogP contribution in [0.4, 0.5) is 0 Å². The van der Waals surface area contributed by atoms with Crippen LogP contribution in [-0.2, 0) is 96.4 Å². The van der Waals surface area contributed by atoms with Gasteiger partial charge in [-0.05, 0) is 86.9 Å². The van der Waals surface area contributed by atoms with Gasteiger partial charge in [-0.25, -0.2) is 0 Å². The minimum absolute atomic E-state index is 0.0327. The Morgan fingerprint density at radius 1 is 0.495 bits per heavy atom. The van der Waals surface area contributed by atoms with Crippen LogP contribution < -0.4 is 0 Å². The highest BCUT2D eigenvalue weighted by molar-refractivity contribution is 5.98. The van der Waals surface area contributed by atoms with Crippen LogP contribution in [0, 0.1) is 0 Å². The topological polar surface area (TPSA) is 395 Å². The lowest BCUT2D eigenvalue weighted by atomic mass is 9.84. The van der Waals surface area contributed by atoms with Crippen molar-refractivity contribution in [1.82, 2.24) is 4.90 Å². The highest BCUT2D eigenvalue weighted by atomic mass is 16.7. The van der Waals surface area contributed by atoms with Gasteiger partial charge in [0.05, 0.1) is 107 Å². The minimum atomic E-state index is -1.32. The lowest BCUT2D eigenvalue weighted by molar-refractivity contribution is -0.356. The van der Waals surface area contributed by atoms with Crippen LogP contribution in [0.5, 0.6) is 0 Å². The van der Waals surface area contributed by atoms with Crippen molar-refractivity contribution in [1.29, 1.82) is 0 Å². The molecule has 1 amide bonds. The Bertz CT molecular complexity index is 4170. The first-order valence-electron chi connectivity index (χ1n) is 34.7. The van der Waals surface area contributed by atoms with Crippen LogP contribution in [0.15, 0.2) is 232 Å². The second kappa shape index (κ2) is 37.7. The number of nitrogens with zero attached hydrogens (tertiary/aromatic N) is 16. The zero-order chi connectivity index (χ0) is 72.7. The molecule has 6 aliphatic rings. The molecule has 7 aromatic carbocycles. The SMILES string of the molecule is C[C@@H]1O[C@@H]2COC(c3ccccc3)O[C@H]2[C@H](O[C@@H]2O[C@H](COCc3ccccc3)[C@@H](OCc3ccccc3)[C@H](OCc3ccccc3)[C@H]2N=[N+]=[N-])[C@H]1N1Cc2ccccc2C1=O.[N-]=[N+]=NC[C@H]1O[C@H](O[C@H]2[C@H](OCc3ccccc3)[C@@H](O)[C@H](N=[N+]=[N-])C[C@@H]2N=[N+]=[N-])[C@H](N=[N+]=[N-])C[C@@H]1OCc1ccccc1. The summed E-state index contributed by atoms with van der Waals surface area (Å²) in [5.41, 5.74) is 53.9. The summed E-state index contributed by atoms with van der Waals surface area (Å²) in [6, 6.07) is 60.8. The molecule has 5 fully saturated rings. The maximum Gasteiger partial charge on any atom is 0.254 e. The standard InChI is InChI=1S/C49H50N4O9.C26H30N12O5/c1-32-42(53-26-37-24-14-15-25-38(37)47(53)54)46(44-40(59-32)31-58-48(61-44)36-22-12-5-13-23-36)62-49-41(51-52-50)45(57-29-35-20-10-4-11-21-35)43(56-28-34-18-8-3-9-19-34)39(60-49)30-55-27-33-16-6-2-7-17-33;27-35-31-13-22-21(40-14-16-7-3-1-4-8-16)12-20(34-38-30)26(42-22)43-24-19(33-37-29)11-18(32-36-28)23(39)25(24)41-15-17-9-5-2-6-10-17/h2-25,32,39-46,48-49H,26-31H2,1H3;1-10,18-26,39H,11-15H2/t32-,39+,40+,41+,42-,43+,44+,45+,46+,48?,49-;18-,19+,20-,21+,22-,23+,24-,25-,26-/m01/s1. The number of hydrogen-bond acceptors (Lipinski definition) is 19. The van der Waals surface area contributed by atoms with E-state index in [9.17, 15) is 26.5 Å². The van der Waals surface area contributed by atoms with Gasteiger partial charge >= 0.3 is 0 Å². The Balaban J connectivity index is 0.000000211. The number of hydrogen-bond donors (Lipinski definition) is 1. The molecule has 5 heterocycles. The van der Waals surface area contributed by atoms with Crippen molar-refractivity contribution in [2.75, 3.05) is 19.8 Å². The average Bonchev–Trinajstić information content (AvgIpc) is 1.52. The molecule has 105 heavy (non-hydrogen) atoms. The number of fused-ring (bicyclic) bond motifs is 2. The first-order valence-corrected chi connectivity index (χ1v) is 34.7. The number of amides is 1. The Morgan fingerprint density at radius 2 is 1.00 bits per heavy atom. The third kappa shape index (κ3) is 19.1. The van der Waals surface area contributed by atoms with E-state index in [1.54, 1.807) is 4.90 Å². The number of aliphatic hydroxyl groups is 1. The van der Waals surface area contributed by atoms with E-state index in [0.717, 1.165) is 38.9 Å². The maximum absolute atomic E-state index is 14.3. The van der Waals surface area contributed by atoms with Crippen LogP contribution >= 0.6 is 0 Å². The van der Waals surface area contributed by atoms with E-state index in [-0.39, 0.29) is 64.9 Å². The number of ether oxygens (including phenoxy) is 12. The summed E-state index contributed by atoms with van der Waals surface area (Å²) in [5.74, 6) is -0.137. The van der Waals surface area contributed by atoms with Crippen molar-refractivity contribution < 1.29 is 66.7 Å². The quantitative estimate of drug-likeness (QED) is 0.0271. The Labute approximate surface area is 605 Å². The van der Waals surface area contributed by atoms with Gasteiger partial charge < -0.3 is 66.8 Å². The summed E-state index contributed by atoms with van der Waals surface area (Å²) in [6.45, 7) is 3.55. The van der Waals surface area contributed by atoms with Crippen LogP contribution in [0.2, 0.25) is 0 Å². The minimum Gasteiger partial charge on any atom is -0.390 e. The van der Waals surface area contributed by atoms with E-state index >= 15 is 0 Å². The summed E-state index contributed by atoms with van der Waals surface area (Å²) in [7, 11) is 0. The lowest BCUT2D eigenvalue weighted by Crippen LogP contribution is -2.68. The van der Waals surface area contributed by atoms with Crippen molar-refractivity contribution in [2.45, 2.75) is 182 Å². The van der Waals surface area contributed by atoms with Gasteiger partial charge in [-0.1, -0.05) is 226 Å². The molecule has 7 aromatic rings. The smallest absolute Gasteiger partial charge is 0.254 e. The second-order valence-corrected chi connectivity index (χ2v) is 25.9. The van der Waals surface area contributed by atoms with Gasteiger partial charge in [0, 0.05) is 42.2 Å². The van der Waals surface area contributed by atoms with Crippen molar-refractivity contribution in [3.63, 3.8) is 0 Å². The summed E-state index contributed by atoms with van der Waals surface area (Å²) < 4.78 is 78.5. The van der Waals surface area contributed by atoms with Gasteiger partial charge in [0.25, 0.3) is 5.91 Å². The van der Waals surface area contributed by atoms with Crippen molar-refractivity contribution in [3.05, 3.63) is 303 Å². The van der Waals surface area contributed by atoms with E-state index in [0.29, 0.717) is 18.7 Å². The molecule has 1 N–H and O–H groups in total. The van der Waals surface area contributed by atoms with Crippen LogP contribution in [-0.4, -0.2) is 152 Å². The molecule has 0 bridgehead atoms. The molecule has 4 saturated heterocycles. The molecular formula is C75H80N16O14. The largest absolute Gasteiger partial charge is 0.390 e. The summed E-state index contributed by atoms with van der Waals surface area (Å²) >= 11 is 0. The first kappa shape index (κ1) is 74.7. The van der Waals surface area contributed by atoms with Crippen LogP contribution in [0.1, 0.15) is 75.4 Å². The lowest BCUT2D eigenvalue weighted by Gasteiger charge is -2.53. The molecule has 0 spiro atoms. The zero-order valence-corrected chi connectivity index (χ0v) is 57.4. The third-order valence-corrected chi connectivity index (χ3v) is 19.2. The van der Waals surface area contributed by atoms with Gasteiger partial charge in [0.1, 0.15) is 48.8 Å². The van der Waals surface area contributed by atoms with Crippen molar-refractivity contribution >= 4 is 5.91 Å². The molecule has 20 atom stereocenters. The Kier molecular flexibility index (Phi) is 26.8. The number of azide groups is 5. The fourth-order valence-electron chi connectivity index (χ4n) is 14.1. The first-order chi connectivity index (χ1) is 51.6. The van der Waals surface area contributed by atoms with Gasteiger partial charge in [0.15, 0.2) is 18.9 Å². The summed E-state index contributed by atoms with van der Waals surface area (Å²) in [6.07, 6.45) is -13.0. The zero-order valence-electron chi connectivity index (χ0n) is 57.4. The fraction of sp³-hybridized carbons (Fsp3) is 0.427. The molecule has 5 aliphatic heterocycles. The molecule has 13 rings (SSSR count). The number of rotatable bonds is 28. The molecule has 1 aliphatic carbocycles. The maximum atomic E-state index is 14.3. The van der Waals surface area contributed by atoms with Gasteiger partial charge in [-0.15, -0.1) is 0 Å². The predicted molar refractivity (Wildman–Crippen MR) is 379 cm³/mol. The Morgan fingerprint density at radius 3 is 1.58 bits per heavy atom. The molecule has 544 valence electrons. The normalized spacial score (nSPS) is 29.6. The molecule has 1 unspecified atom stereocenters. The molecule has 1 saturated carbocycles. The predicted octanol–water partition coefficient (Wildman–Crippen LogP) is 13.9. The number of carbonyl (C=O) groups is 1. The van der Waals surface area contributed by atoms with Gasteiger partial charge in [0.2, 0.25) is 0 Å². The number of benzene rings is 7. The van der Waals surface area contributed by atoms with E-state index < -0.39 is 122 Å². The average molecular weight is 1430 g/mol. The molecule has 30 nitrogen and oxygen atoms in total.